The molecule has 1 aliphatic rings. The fraction of sp³-hybridized carbons (Fsp3) is 0.425. The summed E-state index contributed by atoms with van der Waals surface area (Å²) >= 11 is 0. The van der Waals surface area contributed by atoms with E-state index in [2.05, 4.69) is 11.1 Å². The average Bonchev–Trinajstić information content (AvgIpc) is 3.44. The van der Waals surface area contributed by atoms with Gasteiger partial charge in [-0.3, -0.25) is 14.3 Å². The molecule has 4 aromatic rings. The number of aryl methyl sites for hydroxylation is 1. The summed E-state index contributed by atoms with van der Waals surface area (Å²) in [6, 6.07) is 25.5. The van der Waals surface area contributed by atoms with Gasteiger partial charge in [-0.05, 0) is 75.6 Å². The lowest BCUT2D eigenvalue weighted by Crippen LogP contribution is -2.39. The molecule has 0 bridgehead atoms. The van der Waals surface area contributed by atoms with Crippen molar-refractivity contribution in [2.45, 2.75) is 83.5 Å². The van der Waals surface area contributed by atoms with Gasteiger partial charge in [0, 0.05) is 31.6 Å². The third-order valence-electron chi connectivity index (χ3n) is 8.68. The van der Waals surface area contributed by atoms with Gasteiger partial charge in [0.1, 0.15) is 29.4 Å². The Morgan fingerprint density at radius 1 is 1.00 bits per heavy atom. The predicted octanol–water partition coefficient (Wildman–Crippen LogP) is 6.82. The van der Waals surface area contributed by atoms with Gasteiger partial charge in [0.15, 0.2) is 0 Å². The van der Waals surface area contributed by atoms with Gasteiger partial charge >= 0.3 is 5.69 Å². The molecular weight excluding hydrogens is 695 g/mol. The van der Waals surface area contributed by atoms with Crippen molar-refractivity contribution in [1.82, 2.24) is 14.2 Å². The minimum atomic E-state index is -2.41. The highest BCUT2D eigenvalue weighted by Crippen LogP contribution is 2.50. The van der Waals surface area contributed by atoms with E-state index in [9.17, 15) is 19.0 Å². The monoisotopic (exact) mass is 747 g/mol. The number of benzene rings is 3. The molecule has 0 amide bonds. The number of H-pyrrole nitrogens is 1. The van der Waals surface area contributed by atoms with Gasteiger partial charge in [-0.2, -0.15) is 5.26 Å². The molecule has 6 atom stereocenters. The Morgan fingerprint density at radius 3 is 2.09 bits per heavy atom. The second-order valence-corrected chi connectivity index (χ2v) is 14.3. The number of nitrogens with one attached hydrogen (secondary N) is 1. The molecule has 1 fully saturated rings. The van der Waals surface area contributed by atoms with Crippen LogP contribution >= 0.6 is 8.53 Å². The average molecular weight is 748 g/mol. The molecule has 5 rings (SSSR count). The van der Waals surface area contributed by atoms with Crippen LogP contribution in [0.4, 0.5) is 0 Å². The summed E-state index contributed by atoms with van der Waals surface area (Å²) in [5, 5.41) is 9.33. The first-order chi connectivity index (χ1) is 26.7. The van der Waals surface area contributed by atoms with E-state index in [-0.39, 0.29) is 30.7 Å². The molecule has 1 aliphatic heterocycles. The lowest BCUT2D eigenvalue weighted by molar-refractivity contribution is -0.0926. The van der Waals surface area contributed by atoms with E-state index >= 15 is 0 Å². The molecule has 53 heavy (non-hydrogen) atoms. The third kappa shape index (κ3) is 9.07. The maximum atomic E-state index is 13.3. The Labute approximate surface area is 316 Å². The Hall–Kier alpha value is -4.34. The molecule has 1 saturated heterocycles. The summed E-state index contributed by atoms with van der Waals surface area (Å²) in [7, 11) is 0.971. The molecule has 0 spiro atoms. The SMILES string of the molecule is [2H]C(OC(c1ccccc1)(c1ccc(OC)cc1)c1ccc(OC)cc1)[C@H]1O[C@@H](n2cc(C)c(=O)[nH]c2=O)[C@H]([2H])[C@]1([2H])OP(OCCC#N)N(C(C)C)C(C)C. The quantitative estimate of drug-likeness (QED) is 0.0696. The van der Waals surface area contributed by atoms with Gasteiger partial charge in [0.25, 0.3) is 14.1 Å². The lowest BCUT2D eigenvalue weighted by Gasteiger charge is -2.39. The predicted molar refractivity (Wildman–Crippen MR) is 203 cm³/mol. The van der Waals surface area contributed by atoms with Crippen LogP contribution < -0.4 is 20.7 Å². The highest BCUT2D eigenvalue weighted by molar-refractivity contribution is 7.44. The zero-order chi connectivity index (χ0) is 40.8. The van der Waals surface area contributed by atoms with E-state index in [1.165, 1.54) is 13.1 Å². The third-order valence-corrected chi connectivity index (χ3v) is 10.8. The largest absolute Gasteiger partial charge is 0.497 e. The smallest absolute Gasteiger partial charge is 0.330 e. The van der Waals surface area contributed by atoms with Crippen LogP contribution in [0.15, 0.2) is 94.6 Å². The molecule has 282 valence electrons. The molecule has 2 heterocycles. The number of ether oxygens (including phenoxy) is 4. The van der Waals surface area contributed by atoms with Crippen molar-refractivity contribution in [3.8, 4) is 17.6 Å². The Bertz CT molecular complexity index is 2010. The first kappa shape index (κ1) is 35.7. The minimum Gasteiger partial charge on any atom is -0.497 e. The summed E-state index contributed by atoms with van der Waals surface area (Å²) in [6.07, 6.45) is -5.93. The van der Waals surface area contributed by atoms with Crippen LogP contribution in [0, 0.1) is 18.3 Å². The zero-order valence-corrected chi connectivity index (χ0v) is 31.9. The Kier molecular flexibility index (Phi) is 12.2. The van der Waals surface area contributed by atoms with Crippen molar-refractivity contribution >= 4 is 8.53 Å². The van der Waals surface area contributed by atoms with Crippen LogP contribution in [0.3, 0.4) is 0 Å². The van der Waals surface area contributed by atoms with Gasteiger partial charge in [-0.15, -0.1) is 0 Å². The standard InChI is InChI=1S/C40H49N4O8P/c1-27(2)44(28(3)4)53(50-23-11-22-41)52-35-24-37(43-25-29(5)38(45)42-39(43)46)51-36(35)26-49-40(30-12-9-8-10-13-30,31-14-18-33(47-6)19-15-31)32-16-20-34(48-7)21-17-32/h8-10,12-21,25,27-28,35-37H,11,23-24,26H2,1-7H3,(H,42,45,46)/t35-,36+,37+,53?/m0/s1/i24D,26D,35D/t24-,26?,35+,36-,37-,53?/m1. The molecule has 0 saturated carbocycles. The van der Waals surface area contributed by atoms with Crippen LogP contribution in [-0.2, 0) is 24.1 Å². The zero-order valence-electron chi connectivity index (χ0n) is 34.0. The summed E-state index contributed by atoms with van der Waals surface area (Å²) in [5.41, 5.74) is -0.949. The highest BCUT2D eigenvalue weighted by Gasteiger charge is 2.45. The van der Waals surface area contributed by atoms with Gasteiger partial charge in [0.2, 0.25) is 0 Å². The number of hydrogen-bond acceptors (Lipinski definition) is 10. The van der Waals surface area contributed by atoms with Gasteiger partial charge in [0.05, 0.1) is 48.7 Å². The number of methoxy groups -OCH3 is 2. The number of nitrogens with zero attached hydrogens (tertiary/aromatic N) is 3. The second-order valence-electron chi connectivity index (χ2n) is 12.9. The van der Waals surface area contributed by atoms with Crippen LogP contribution in [0.1, 0.15) is 73.1 Å². The molecule has 12 nitrogen and oxygen atoms in total. The molecular formula is C40H49N4O8P. The fourth-order valence-electron chi connectivity index (χ4n) is 6.16. The number of aromatic nitrogens is 2. The lowest BCUT2D eigenvalue weighted by atomic mass is 9.80. The van der Waals surface area contributed by atoms with E-state index in [1.807, 2.05) is 87.0 Å². The number of rotatable bonds is 17. The van der Waals surface area contributed by atoms with E-state index < -0.39 is 56.8 Å². The molecule has 1 aromatic heterocycles. The van der Waals surface area contributed by atoms with Crippen molar-refractivity contribution in [2.75, 3.05) is 27.4 Å². The van der Waals surface area contributed by atoms with E-state index in [1.54, 1.807) is 38.5 Å². The van der Waals surface area contributed by atoms with Crippen LogP contribution in [0.5, 0.6) is 11.5 Å². The van der Waals surface area contributed by atoms with Gasteiger partial charge < -0.3 is 28.0 Å². The van der Waals surface area contributed by atoms with Crippen LogP contribution in [0.2, 0.25) is 0 Å². The van der Waals surface area contributed by atoms with E-state index in [0.29, 0.717) is 28.2 Å². The van der Waals surface area contributed by atoms with Gasteiger partial charge in [-0.1, -0.05) is 54.6 Å². The molecule has 1 N–H and O–H groups in total. The summed E-state index contributed by atoms with van der Waals surface area (Å²) in [6.45, 7) is 7.46. The highest BCUT2D eigenvalue weighted by atomic mass is 31.2. The van der Waals surface area contributed by atoms with Gasteiger partial charge in [-0.25, -0.2) is 9.46 Å². The molecule has 0 aliphatic carbocycles. The first-order valence-corrected chi connectivity index (χ1v) is 18.5. The summed E-state index contributed by atoms with van der Waals surface area (Å²) in [5.74, 6) is 1.19. The number of nitriles is 1. The number of hydrogen-bond donors (Lipinski definition) is 1. The van der Waals surface area contributed by atoms with E-state index in [4.69, 9.17) is 28.0 Å². The van der Waals surface area contributed by atoms with Crippen molar-refractivity contribution in [3.63, 3.8) is 0 Å². The summed E-state index contributed by atoms with van der Waals surface area (Å²) in [4.78, 5) is 27.9. The molecule has 0 radical (unpaired) electrons. The Balaban J connectivity index is 1.71. The minimum absolute atomic E-state index is 0.0166. The number of aromatic amines is 1. The molecule has 2 unspecified atom stereocenters. The maximum absolute atomic E-state index is 13.3. The van der Waals surface area contributed by atoms with E-state index in [0.717, 1.165) is 4.57 Å². The maximum Gasteiger partial charge on any atom is 0.330 e. The summed E-state index contributed by atoms with van der Waals surface area (Å²) < 4.78 is 69.5. The molecule has 13 heteroatoms. The second kappa shape index (κ2) is 18.1. The molecule has 3 aromatic carbocycles. The first-order valence-electron chi connectivity index (χ1n) is 19.0. The topological polar surface area (TPSA) is 137 Å². The van der Waals surface area contributed by atoms with Crippen molar-refractivity contribution in [3.05, 3.63) is 128 Å². The van der Waals surface area contributed by atoms with Crippen molar-refractivity contribution < 1.29 is 32.1 Å². The normalized spacial score (nSPS) is 22.2. The fourth-order valence-corrected chi connectivity index (χ4v) is 7.79. The Morgan fingerprint density at radius 2 is 1.57 bits per heavy atom. The van der Waals surface area contributed by atoms with Crippen molar-refractivity contribution in [1.29, 1.82) is 5.26 Å². The van der Waals surface area contributed by atoms with Crippen molar-refractivity contribution in [2.24, 2.45) is 0 Å². The van der Waals surface area contributed by atoms with Crippen LogP contribution in [-0.4, -0.2) is 65.9 Å². The van der Waals surface area contributed by atoms with Crippen LogP contribution in [0.25, 0.3) is 0 Å².